The van der Waals surface area contributed by atoms with E-state index in [4.69, 9.17) is 0 Å². The molecule has 0 aromatic carbocycles. The second-order valence-corrected chi connectivity index (χ2v) is 1.29. The van der Waals surface area contributed by atoms with E-state index in [1.54, 1.807) is 0 Å². The van der Waals surface area contributed by atoms with Gasteiger partial charge in [-0.2, -0.15) is 0 Å². The van der Waals surface area contributed by atoms with Gasteiger partial charge in [-0.25, -0.2) is 0 Å². The minimum absolute atomic E-state index is 0. The van der Waals surface area contributed by atoms with Gasteiger partial charge >= 0.3 is 0 Å². The predicted octanol–water partition coefficient (Wildman–Crippen LogP) is 1.67. The van der Waals surface area contributed by atoms with Crippen molar-refractivity contribution in [2.45, 2.75) is 0 Å². The molecule has 0 N–H and O–H groups in total. The molecule has 0 nitrogen and oxygen atoms in total. The van der Waals surface area contributed by atoms with E-state index in [1.807, 2.05) is 24.3 Å². The van der Waals surface area contributed by atoms with E-state index in [0.29, 0.717) is 0 Å². The molecule has 0 heterocycles. The third-order valence-electron chi connectivity index (χ3n) is 0.732. The molecule has 1 rings (SSSR count). The third-order valence-corrected chi connectivity index (χ3v) is 0.732. The first-order valence-electron chi connectivity index (χ1n) is 1.93. The van der Waals surface area contributed by atoms with Crippen molar-refractivity contribution in [3.63, 3.8) is 0 Å². The molecule has 0 aromatic heterocycles. The van der Waals surface area contributed by atoms with Crippen molar-refractivity contribution in [2.24, 2.45) is 0 Å². The van der Waals surface area contributed by atoms with Crippen LogP contribution >= 0.6 is 0 Å². The minimum atomic E-state index is 0. The quantitative estimate of drug-likeness (QED) is 0.622. The molecule has 0 fully saturated rings. The number of hydrogen-bond donors (Lipinski definition) is 0. The molecule has 0 radical (unpaired) electrons. The van der Waals surface area contributed by atoms with E-state index in [-0.39, 0.29) is 21.1 Å². The molecule has 0 amide bonds. The van der Waals surface area contributed by atoms with Gasteiger partial charge in [0.2, 0.25) is 0 Å². The molecule has 1 aliphatic rings. The van der Waals surface area contributed by atoms with Gasteiger partial charge in [0.15, 0.2) is 0 Å². The molecule has 0 aliphatic heterocycles. The van der Waals surface area contributed by atoms with Gasteiger partial charge in [-0.3, -0.25) is 0 Å². The van der Waals surface area contributed by atoms with Crippen molar-refractivity contribution in [2.75, 3.05) is 0 Å². The number of rotatable bonds is 0. The van der Waals surface area contributed by atoms with Gasteiger partial charge in [0.25, 0.3) is 0 Å². The summed E-state index contributed by atoms with van der Waals surface area (Å²) in [7, 11) is 0. The van der Waals surface area contributed by atoms with Gasteiger partial charge in [0, 0.05) is 21.1 Å². The van der Waals surface area contributed by atoms with Crippen molar-refractivity contribution in [1.29, 1.82) is 0 Å². The van der Waals surface area contributed by atoms with E-state index in [0.717, 1.165) is 5.57 Å². The second-order valence-electron chi connectivity index (χ2n) is 1.29. The molecule has 0 saturated heterocycles. The smallest absolute Gasteiger partial charge is 0 e. The SMILES string of the molecule is C=C1C=CC=C1.[W]. The van der Waals surface area contributed by atoms with Crippen molar-refractivity contribution in [3.8, 4) is 0 Å². The van der Waals surface area contributed by atoms with Crippen LogP contribution in [0.4, 0.5) is 0 Å². The first-order chi connectivity index (χ1) is 2.89. The fourth-order valence-electron chi connectivity index (χ4n) is 0.414. The van der Waals surface area contributed by atoms with Crippen molar-refractivity contribution in [1.82, 2.24) is 0 Å². The third kappa shape index (κ3) is 1.89. The summed E-state index contributed by atoms with van der Waals surface area (Å²) in [6.45, 7) is 3.68. The Bertz CT molecular complexity index is 106. The molecule has 1 heteroatoms. The normalized spacial score (nSPS) is 14.6. The molecule has 7 heavy (non-hydrogen) atoms. The molecule has 0 saturated carbocycles. The molecule has 0 spiro atoms. The van der Waals surface area contributed by atoms with E-state index in [1.165, 1.54) is 0 Å². The average molecular weight is 262 g/mol. The number of allylic oxidation sites excluding steroid dienone is 5. The van der Waals surface area contributed by atoms with Gasteiger partial charge < -0.3 is 0 Å². The Morgan fingerprint density at radius 3 is 1.71 bits per heavy atom. The molecule has 0 atom stereocenters. The molecule has 36 valence electrons. The van der Waals surface area contributed by atoms with Crippen LogP contribution in [0.1, 0.15) is 0 Å². The number of hydrogen-bond acceptors (Lipinski definition) is 0. The second kappa shape index (κ2) is 2.98. The van der Waals surface area contributed by atoms with E-state index in [9.17, 15) is 0 Å². The Kier molecular flexibility index (Phi) is 2.94. The van der Waals surface area contributed by atoms with Crippen LogP contribution in [0.3, 0.4) is 0 Å². The molecule has 0 aromatic rings. The maximum atomic E-state index is 3.68. The molecule has 0 unspecified atom stereocenters. The Morgan fingerprint density at radius 2 is 1.57 bits per heavy atom. The summed E-state index contributed by atoms with van der Waals surface area (Å²) < 4.78 is 0. The van der Waals surface area contributed by atoms with Crippen molar-refractivity contribution >= 4 is 0 Å². The fourth-order valence-corrected chi connectivity index (χ4v) is 0.414. The van der Waals surface area contributed by atoms with Gasteiger partial charge in [-0.1, -0.05) is 30.9 Å². The van der Waals surface area contributed by atoms with Crippen LogP contribution in [0, 0.1) is 0 Å². The van der Waals surface area contributed by atoms with Gasteiger partial charge in [-0.15, -0.1) is 0 Å². The van der Waals surface area contributed by atoms with Crippen LogP contribution in [0.2, 0.25) is 0 Å². The first-order valence-corrected chi connectivity index (χ1v) is 1.93. The van der Waals surface area contributed by atoms with Crippen LogP contribution < -0.4 is 0 Å². The Morgan fingerprint density at radius 1 is 1.14 bits per heavy atom. The summed E-state index contributed by atoms with van der Waals surface area (Å²) >= 11 is 0. The summed E-state index contributed by atoms with van der Waals surface area (Å²) in [5.41, 5.74) is 1.09. The Balaban J connectivity index is 0.000000360. The largest absolute Gasteiger partial charge is 0.0918 e. The van der Waals surface area contributed by atoms with Crippen LogP contribution in [0.15, 0.2) is 36.5 Å². The summed E-state index contributed by atoms with van der Waals surface area (Å²) in [5, 5.41) is 0. The Hall–Kier alpha value is -0.0917. The molecular weight excluding hydrogens is 256 g/mol. The van der Waals surface area contributed by atoms with Crippen LogP contribution in [-0.4, -0.2) is 0 Å². The predicted molar refractivity (Wildman–Crippen MR) is 27.4 cm³/mol. The summed E-state index contributed by atoms with van der Waals surface area (Å²) in [6.07, 6.45) is 7.89. The Labute approximate surface area is 57.9 Å². The topological polar surface area (TPSA) is 0 Å². The zero-order chi connectivity index (χ0) is 4.41. The molecular formula is C6H6W. The maximum Gasteiger partial charge on any atom is 0 e. The maximum absolute atomic E-state index is 3.68. The minimum Gasteiger partial charge on any atom is -0.0918 e. The monoisotopic (exact) mass is 262 g/mol. The van der Waals surface area contributed by atoms with Gasteiger partial charge in [0.1, 0.15) is 0 Å². The molecule has 0 bridgehead atoms. The van der Waals surface area contributed by atoms with E-state index < -0.39 is 0 Å². The summed E-state index contributed by atoms with van der Waals surface area (Å²) in [4.78, 5) is 0. The first kappa shape index (κ1) is 6.91. The van der Waals surface area contributed by atoms with Crippen molar-refractivity contribution < 1.29 is 21.1 Å². The van der Waals surface area contributed by atoms with E-state index in [2.05, 4.69) is 6.58 Å². The van der Waals surface area contributed by atoms with Crippen LogP contribution in [0.5, 0.6) is 0 Å². The zero-order valence-electron chi connectivity index (χ0n) is 3.92. The van der Waals surface area contributed by atoms with Gasteiger partial charge in [-0.05, 0) is 5.57 Å². The fraction of sp³-hybridized carbons (Fsp3) is 0. The summed E-state index contributed by atoms with van der Waals surface area (Å²) in [5.74, 6) is 0. The zero-order valence-corrected chi connectivity index (χ0v) is 6.86. The standard InChI is InChI=1S/C6H6.W/c1-6-4-2-3-5-6;/h2-5H,1H2;. The molecule has 1 aliphatic carbocycles. The summed E-state index contributed by atoms with van der Waals surface area (Å²) in [6, 6.07) is 0. The van der Waals surface area contributed by atoms with Crippen LogP contribution in [0.25, 0.3) is 0 Å². The van der Waals surface area contributed by atoms with Crippen molar-refractivity contribution in [3.05, 3.63) is 36.5 Å². The van der Waals surface area contributed by atoms with Crippen LogP contribution in [-0.2, 0) is 21.1 Å². The van der Waals surface area contributed by atoms with E-state index >= 15 is 0 Å². The average Bonchev–Trinajstić information content (AvgIpc) is 1.86. The van der Waals surface area contributed by atoms with Gasteiger partial charge in [0.05, 0.1) is 0 Å².